The van der Waals surface area contributed by atoms with Gasteiger partial charge in [-0.1, -0.05) is 18.5 Å². The number of nitrogens with two attached hydrogens (primary N) is 1. The average Bonchev–Trinajstić information content (AvgIpc) is 2.22. The molecule has 0 saturated heterocycles. The number of benzene rings is 1. The molecular formula is C10H12BrClN2O. The van der Waals surface area contributed by atoms with Crippen molar-refractivity contribution in [1.82, 2.24) is 0 Å². The van der Waals surface area contributed by atoms with Crippen molar-refractivity contribution in [3.05, 3.63) is 27.7 Å². The molecule has 1 aromatic rings. The van der Waals surface area contributed by atoms with Gasteiger partial charge in [0.15, 0.2) is 0 Å². The van der Waals surface area contributed by atoms with E-state index in [4.69, 9.17) is 17.3 Å². The molecule has 0 saturated carbocycles. The van der Waals surface area contributed by atoms with Gasteiger partial charge >= 0.3 is 0 Å². The number of nitrogens with one attached hydrogen (secondary N) is 1. The van der Waals surface area contributed by atoms with E-state index in [0.29, 0.717) is 17.1 Å². The van der Waals surface area contributed by atoms with E-state index in [2.05, 4.69) is 21.2 Å². The van der Waals surface area contributed by atoms with Crippen LogP contribution in [0.15, 0.2) is 22.7 Å². The highest BCUT2D eigenvalue weighted by Crippen LogP contribution is 2.25. The summed E-state index contributed by atoms with van der Waals surface area (Å²) in [5, 5.41) is 3.25. The zero-order chi connectivity index (χ0) is 11.4. The molecule has 0 aliphatic carbocycles. The van der Waals surface area contributed by atoms with E-state index in [9.17, 15) is 4.79 Å². The Hall–Kier alpha value is -0.580. The molecule has 1 aromatic carbocycles. The Morgan fingerprint density at radius 1 is 1.67 bits per heavy atom. The summed E-state index contributed by atoms with van der Waals surface area (Å²) >= 11 is 9.15. The summed E-state index contributed by atoms with van der Waals surface area (Å²) in [7, 11) is 0. The van der Waals surface area contributed by atoms with Crippen LogP contribution in [-0.2, 0) is 4.79 Å². The lowest BCUT2D eigenvalue weighted by atomic mass is 10.2. The summed E-state index contributed by atoms with van der Waals surface area (Å²) in [5.74, 6) is -0.198. The second kappa shape index (κ2) is 5.49. The van der Waals surface area contributed by atoms with Crippen molar-refractivity contribution < 1.29 is 4.79 Å². The minimum atomic E-state index is -0.479. The molecule has 0 aliphatic heterocycles. The van der Waals surface area contributed by atoms with E-state index in [1.807, 2.05) is 6.92 Å². The van der Waals surface area contributed by atoms with E-state index >= 15 is 0 Å². The summed E-state index contributed by atoms with van der Waals surface area (Å²) < 4.78 is 0.793. The third kappa shape index (κ3) is 3.48. The molecule has 0 heterocycles. The molecule has 5 heteroatoms. The van der Waals surface area contributed by atoms with Gasteiger partial charge < -0.3 is 11.1 Å². The minimum Gasteiger partial charge on any atom is -0.325 e. The van der Waals surface area contributed by atoms with Crippen molar-refractivity contribution in [2.45, 2.75) is 19.4 Å². The first-order valence-electron chi connectivity index (χ1n) is 4.56. The quantitative estimate of drug-likeness (QED) is 0.900. The SMILES string of the molecule is CC[C@@H](N)C(=O)Nc1ccc(Br)c(Cl)c1. The van der Waals surface area contributed by atoms with Gasteiger partial charge in [-0.15, -0.1) is 0 Å². The standard InChI is InChI=1S/C10H12BrClN2O/c1-2-9(13)10(15)14-6-3-4-7(11)8(12)5-6/h3-5,9H,2,13H2,1H3,(H,14,15)/t9-/m1/s1. The van der Waals surface area contributed by atoms with Crippen LogP contribution < -0.4 is 11.1 Å². The maximum Gasteiger partial charge on any atom is 0.241 e. The normalized spacial score (nSPS) is 12.3. The maximum absolute atomic E-state index is 11.4. The second-order valence-electron chi connectivity index (χ2n) is 3.13. The van der Waals surface area contributed by atoms with E-state index in [1.54, 1.807) is 18.2 Å². The van der Waals surface area contributed by atoms with Crippen LogP contribution in [-0.4, -0.2) is 11.9 Å². The molecule has 0 aromatic heterocycles. The van der Waals surface area contributed by atoms with E-state index in [1.165, 1.54) is 0 Å². The van der Waals surface area contributed by atoms with Crippen LogP contribution in [0.25, 0.3) is 0 Å². The first-order chi connectivity index (χ1) is 7.04. The number of halogens is 2. The molecule has 3 nitrogen and oxygen atoms in total. The third-order valence-electron chi connectivity index (χ3n) is 1.96. The summed E-state index contributed by atoms with van der Waals surface area (Å²) in [6, 6.07) is 4.73. The highest BCUT2D eigenvalue weighted by atomic mass is 79.9. The van der Waals surface area contributed by atoms with Gasteiger partial charge in [0.1, 0.15) is 0 Å². The Balaban J connectivity index is 2.73. The van der Waals surface area contributed by atoms with Gasteiger partial charge in [0, 0.05) is 10.2 Å². The zero-order valence-corrected chi connectivity index (χ0v) is 10.6. The molecule has 0 radical (unpaired) electrons. The van der Waals surface area contributed by atoms with Gasteiger partial charge in [-0.25, -0.2) is 0 Å². The lowest BCUT2D eigenvalue weighted by Crippen LogP contribution is -2.34. The number of anilines is 1. The predicted molar refractivity (Wildman–Crippen MR) is 66.0 cm³/mol. The van der Waals surface area contributed by atoms with Crippen molar-refractivity contribution in [3.63, 3.8) is 0 Å². The minimum absolute atomic E-state index is 0.198. The molecule has 15 heavy (non-hydrogen) atoms. The molecule has 0 aliphatic rings. The number of amides is 1. The second-order valence-corrected chi connectivity index (χ2v) is 4.39. The highest BCUT2D eigenvalue weighted by molar-refractivity contribution is 9.10. The molecule has 0 bridgehead atoms. The maximum atomic E-state index is 11.4. The monoisotopic (exact) mass is 290 g/mol. The van der Waals surface area contributed by atoms with Gasteiger partial charge in [-0.05, 0) is 40.5 Å². The van der Waals surface area contributed by atoms with Crippen LogP contribution in [0.5, 0.6) is 0 Å². The molecular weight excluding hydrogens is 279 g/mol. The Morgan fingerprint density at radius 2 is 2.33 bits per heavy atom. The van der Waals surface area contributed by atoms with Crippen LogP contribution in [0.4, 0.5) is 5.69 Å². The summed E-state index contributed by atoms with van der Waals surface area (Å²) in [5.41, 5.74) is 6.23. The van der Waals surface area contributed by atoms with Gasteiger partial charge in [0.2, 0.25) is 5.91 Å². The van der Waals surface area contributed by atoms with Gasteiger partial charge in [-0.2, -0.15) is 0 Å². The molecule has 0 spiro atoms. The first kappa shape index (κ1) is 12.5. The van der Waals surface area contributed by atoms with Crippen LogP contribution in [0.1, 0.15) is 13.3 Å². The van der Waals surface area contributed by atoms with E-state index in [0.717, 1.165) is 4.47 Å². The zero-order valence-electron chi connectivity index (χ0n) is 8.26. The van der Waals surface area contributed by atoms with Gasteiger partial charge in [0.25, 0.3) is 0 Å². The van der Waals surface area contributed by atoms with Crippen LogP contribution in [0.2, 0.25) is 5.02 Å². The summed E-state index contributed by atoms with van der Waals surface area (Å²) in [4.78, 5) is 11.4. The summed E-state index contributed by atoms with van der Waals surface area (Å²) in [6.45, 7) is 1.86. The fourth-order valence-corrected chi connectivity index (χ4v) is 1.42. The molecule has 0 unspecified atom stereocenters. The Labute approximate surface area is 102 Å². The van der Waals surface area contributed by atoms with Gasteiger partial charge in [-0.3, -0.25) is 4.79 Å². The number of hydrogen-bond donors (Lipinski definition) is 2. The fraction of sp³-hybridized carbons (Fsp3) is 0.300. The Kier molecular flexibility index (Phi) is 4.57. The largest absolute Gasteiger partial charge is 0.325 e. The van der Waals surface area contributed by atoms with Gasteiger partial charge in [0.05, 0.1) is 11.1 Å². The van der Waals surface area contributed by atoms with Crippen molar-refractivity contribution in [2.75, 3.05) is 5.32 Å². The average molecular weight is 292 g/mol. The summed E-state index contributed by atoms with van der Waals surface area (Å²) in [6.07, 6.45) is 0.607. The molecule has 0 fully saturated rings. The smallest absolute Gasteiger partial charge is 0.241 e. The van der Waals surface area contributed by atoms with Crippen molar-refractivity contribution in [2.24, 2.45) is 5.73 Å². The molecule has 3 N–H and O–H groups in total. The highest BCUT2D eigenvalue weighted by Gasteiger charge is 2.11. The molecule has 1 amide bonds. The van der Waals surface area contributed by atoms with E-state index < -0.39 is 6.04 Å². The lowest BCUT2D eigenvalue weighted by molar-refractivity contribution is -0.117. The number of rotatable bonds is 3. The fourth-order valence-electron chi connectivity index (χ4n) is 0.994. The number of carbonyl (C=O) groups excluding carboxylic acids is 1. The first-order valence-corrected chi connectivity index (χ1v) is 5.73. The predicted octanol–water partition coefficient (Wildman–Crippen LogP) is 2.78. The number of hydrogen-bond acceptors (Lipinski definition) is 2. The van der Waals surface area contributed by atoms with Crippen LogP contribution in [0.3, 0.4) is 0 Å². The topological polar surface area (TPSA) is 55.1 Å². The Bertz CT molecular complexity index is 370. The van der Waals surface area contributed by atoms with Crippen molar-refractivity contribution >= 4 is 39.1 Å². The third-order valence-corrected chi connectivity index (χ3v) is 3.20. The van der Waals surface area contributed by atoms with Crippen LogP contribution in [0, 0.1) is 0 Å². The molecule has 1 rings (SSSR count). The lowest BCUT2D eigenvalue weighted by Gasteiger charge is -2.10. The van der Waals surface area contributed by atoms with E-state index in [-0.39, 0.29) is 5.91 Å². The van der Waals surface area contributed by atoms with Crippen LogP contribution >= 0.6 is 27.5 Å². The number of carbonyl (C=O) groups is 1. The molecule has 1 atom stereocenters. The van der Waals surface area contributed by atoms with Crippen molar-refractivity contribution in [3.8, 4) is 0 Å². The Morgan fingerprint density at radius 3 is 2.87 bits per heavy atom. The molecule has 82 valence electrons. The van der Waals surface area contributed by atoms with Crippen molar-refractivity contribution in [1.29, 1.82) is 0 Å².